The number of amides is 1. The Morgan fingerprint density at radius 2 is 1.91 bits per heavy atom. The molecule has 1 amide bonds. The number of halogens is 1. The molecule has 2 saturated carbocycles. The molecule has 9 heteroatoms. The first kappa shape index (κ1) is 22.8. The number of hydrogen-bond donors (Lipinski definition) is 2. The van der Waals surface area contributed by atoms with E-state index in [1.165, 1.54) is 19.2 Å². The van der Waals surface area contributed by atoms with Crippen LogP contribution in [0, 0.1) is 0 Å². The molecule has 0 radical (unpaired) electrons. The second-order valence-corrected chi connectivity index (χ2v) is 9.78. The molecule has 0 atom stereocenters. The highest BCUT2D eigenvalue weighted by Crippen LogP contribution is 2.36. The summed E-state index contributed by atoms with van der Waals surface area (Å²) in [7, 11) is 2.11. The number of nitrogen functional groups attached to an aromatic ring is 1. The molecule has 8 nitrogen and oxygen atoms in total. The Bertz CT molecular complexity index is 1190. The Kier molecular flexibility index (Phi) is 6.52. The van der Waals surface area contributed by atoms with Crippen LogP contribution in [0.15, 0.2) is 42.7 Å². The van der Waals surface area contributed by atoms with Crippen LogP contribution in [0.3, 0.4) is 0 Å². The molecule has 0 unspecified atom stereocenters. The number of likely N-dealkylation sites (N-methyl/N-ethyl adjacent to an activating group) is 1. The molecule has 2 fully saturated rings. The van der Waals surface area contributed by atoms with E-state index in [4.69, 9.17) is 22.4 Å². The first-order valence-electron chi connectivity index (χ1n) is 11.9. The van der Waals surface area contributed by atoms with Crippen LogP contribution in [0.2, 0.25) is 5.02 Å². The van der Waals surface area contributed by atoms with Gasteiger partial charge in [0.15, 0.2) is 5.65 Å². The van der Waals surface area contributed by atoms with E-state index in [0.29, 0.717) is 16.9 Å². The van der Waals surface area contributed by atoms with Crippen LogP contribution in [-0.2, 0) is 4.79 Å². The van der Waals surface area contributed by atoms with E-state index in [2.05, 4.69) is 27.2 Å². The summed E-state index contributed by atoms with van der Waals surface area (Å²) >= 11 is 6.07. The minimum Gasteiger partial charge on any atom is -0.383 e. The van der Waals surface area contributed by atoms with Crippen LogP contribution < -0.4 is 11.1 Å². The summed E-state index contributed by atoms with van der Waals surface area (Å²) in [5, 5.41) is 9.52. The standard InChI is InChI=1S/C25H30ClN7O/c1-32(19-12-13-19)14-2-3-21(34)30-18-8-10-20(11-9-18)33-25-22(24(27)28-15-29-25)23(31-33)16-4-6-17(26)7-5-16/h2-7,15,18-20H,8-14H2,1H3,(H,30,34)(H2,27,28,29)/b3-2+/t18-,20+. The van der Waals surface area contributed by atoms with Crippen molar-refractivity contribution >= 4 is 34.4 Å². The van der Waals surface area contributed by atoms with Gasteiger partial charge in [0.2, 0.25) is 5.91 Å². The van der Waals surface area contributed by atoms with Gasteiger partial charge in [0, 0.05) is 35.3 Å². The molecule has 178 valence electrons. The third kappa shape index (κ3) is 4.93. The van der Waals surface area contributed by atoms with Crippen molar-refractivity contribution in [2.24, 2.45) is 0 Å². The number of anilines is 1. The molecule has 0 saturated heterocycles. The van der Waals surface area contributed by atoms with Crippen molar-refractivity contribution in [1.29, 1.82) is 0 Å². The lowest BCUT2D eigenvalue weighted by Gasteiger charge is -2.29. The number of carbonyl (C=O) groups excluding carboxylic acids is 1. The average Bonchev–Trinajstić information content (AvgIpc) is 3.61. The summed E-state index contributed by atoms with van der Waals surface area (Å²) in [6, 6.07) is 8.61. The third-order valence-electron chi connectivity index (χ3n) is 6.86. The highest BCUT2D eigenvalue weighted by atomic mass is 35.5. The highest BCUT2D eigenvalue weighted by molar-refractivity contribution is 6.30. The average molecular weight is 480 g/mol. The smallest absolute Gasteiger partial charge is 0.243 e. The van der Waals surface area contributed by atoms with E-state index in [9.17, 15) is 4.79 Å². The van der Waals surface area contributed by atoms with Crippen molar-refractivity contribution < 1.29 is 4.79 Å². The third-order valence-corrected chi connectivity index (χ3v) is 7.11. The molecule has 1 aromatic carbocycles. The van der Waals surface area contributed by atoms with E-state index in [-0.39, 0.29) is 18.0 Å². The van der Waals surface area contributed by atoms with E-state index in [0.717, 1.165) is 54.5 Å². The van der Waals surface area contributed by atoms with Gasteiger partial charge in [-0.3, -0.25) is 9.69 Å². The van der Waals surface area contributed by atoms with Crippen molar-refractivity contribution in [3.63, 3.8) is 0 Å². The predicted molar refractivity (Wildman–Crippen MR) is 134 cm³/mol. The molecule has 5 rings (SSSR count). The summed E-state index contributed by atoms with van der Waals surface area (Å²) in [5.74, 6) is 0.406. The van der Waals surface area contributed by atoms with Gasteiger partial charge in [0.05, 0.1) is 11.4 Å². The number of fused-ring (bicyclic) bond motifs is 1. The van der Waals surface area contributed by atoms with Gasteiger partial charge >= 0.3 is 0 Å². The van der Waals surface area contributed by atoms with Crippen molar-refractivity contribution in [2.45, 2.75) is 56.7 Å². The summed E-state index contributed by atoms with van der Waals surface area (Å²) < 4.78 is 1.99. The van der Waals surface area contributed by atoms with Crippen LogP contribution in [0.5, 0.6) is 0 Å². The summed E-state index contributed by atoms with van der Waals surface area (Å²) in [6.07, 6.45) is 11.2. The molecule has 3 N–H and O–H groups in total. The molecular formula is C25H30ClN7O. The molecule has 2 aliphatic rings. The van der Waals surface area contributed by atoms with Crippen molar-refractivity contribution in [1.82, 2.24) is 30.0 Å². The molecular weight excluding hydrogens is 450 g/mol. The molecule has 2 heterocycles. The van der Waals surface area contributed by atoms with Crippen LogP contribution >= 0.6 is 11.6 Å². The Labute approximate surface area is 204 Å². The maximum absolute atomic E-state index is 12.4. The van der Waals surface area contributed by atoms with Crippen molar-refractivity contribution in [2.75, 3.05) is 19.3 Å². The molecule has 2 aliphatic carbocycles. The van der Waals surface area contributed by atoms with E-state index < -0.39 is 0 Å². The largest absolute Gasteiger partial charge is 0.383 e. The molecule has 0 bridgehead atoms. The predicted octanol–water partition coefficient (Wildman–Crippen LogP) is 3.98. The van der Waals surface area contributed by atoms with E-state index in [1.54, 1.807) is 6.08 Å². The normalized spacial score (nSPS) is 20.9. The number of nitrogens with one attached hydrogen (secondary N) is 1. The van der Waals surface area contributed by atoms with Crippen LogP contribution in [-0.4, -0.2) is 56.2 Å². The minimum atomic E-state index is -0.0114. The fourth-order valence-corrected chi connectivity index (χ4v) is 4.89. The molecule has 0 aliphatic heterocycles. The number of carbonyl (C=O) groups is 1. The van der Waals surface area contributed by atoms with Gasteiger partial charge < -0.3 is 11.1 Å². The summed E-state index contributed by atoms with van der Waals surface area (Å²) in [5.41, 5.74) is 8.67. The first-order chi connectivity index (χ1) is 16.5. The monoisotopic (exact) mass is 479 g/mol. The Morgan fingerprint density at radius 1 is 1.18 bits per heavy atom. The van der Waals surface area contributed by atoms with Gasteiger partial charge in [0.1, 0.15) is 17.8 Å². The van der Waals surface area contributed by atoms with E-state index >= 15 is 0 Å². The second-order valence-electron chi connectivity index (χ2n) is 9.34. The van der Waals surface area contributed by atoms with Crippen molar-refractivity contribution in [3.05, 3.63) is 47.8 Å². The molecule has 0 spiro atoms. The van der Waals surface area contributed by atoms with Gasteiger partial charge in [0.25, 0.3) is 0 Å². The lowest BCUT2D eigenvalue weighted by atomic mass is 9.91. The Morgan fingerprint density at radius 3 is 2.62 bits per heavy atom. The summed E-state index contributed by atoms with van der Waals surface area (Å²) in [4.78, 5) is 23.3. The zero-order chi connectivity index (χ0) is 23.7. The lowest BCUT2D eigenvalue weighted by molar-refractivity contribution is -0.117. The number of benzene rings is 1. The van der Waals surface area contributed by atoms with Crippen LogP contribution in [0.1, 0.15) is 44.6 Å². The topological polar surface area (TPSA) is 102 Å². The fourth-order valence-electron chi connectivity index (χ4n) is 4.76. The van der Waals surface area contributed by atoms with Gasteiger partial charge in [-0.05, 0) is 57.7 Å². The zero-order valence-electron chi connectivity index (χ0n) is 19.3. The maximum Gasteiger partial charge on any atom is 0.243 e. The maximum atomic E-state index is 12.4. The fraction of sp³-hybridized carbons (Fsp3) is 0.440. The lowest BCUT2D eigenvalue weighted by Crippen LogP contribution is -2.37. The molecule has 3 aromatic rings. The number of nitrogens with two attached hydrogens (primary N) is 1. The number of hydrogen-bond acceptors (Lipinski definition) is 6. The van der Waals surface area contributed by atoms with Gasteiger partial charge in [-0.15, -0.1) is 0 Å². The van der Waals surface area contributed by atoms with Gasteiger partial charge in [-0.1, -0.05) is 29.8 Å². The highest BCUT2D eigenvalue weighted by Gasteiger charge is 2.28. The number of rotatable bonds is 7. The first-order valence-corrected chi connectivity index (χ1v) is 12.3. The number of nitrogens with zero attached hydrogens (tertiary/aromatic N) is 5. The van der Waals surface area contributed by atoms with Crippen LogP contribution in [0.4, 0.5) is 5.82 Å². The zero-order valence-corrected chi connectivity index (χ0v) is 20.1. The van der Waals surface area contributed by atoms with Crippen molar-refractivity contribution in [3.8, 4) is 11.3 Å². The minimum absolute atomic E-state index is 0.0114. The second kappa shape index (κ2) is 9.72. The van der Waals surface area contributed by atoms with Gasteiger partial charge in [-0.2, -0.15) is 5.10 Å². The molecule has 34 heavy (non-hydrogen) atoms. The Balaban J connectivity index is 1.26. The summed E-state index contributed by atoms with van der Waals surface area (Å²) in [6.45, 7) is 0.818. The van der Waals surface area contributed by atoms with Crippen LogP contribution in [0.25, 0.3) is 22.3 Å². The van der Waals surface area contributed by atoms with Gasteiger partial charge in [-0.25, -0.2) is 14.6 Å². The number of aromatic nitrogens is 4. The SMILES string of the molecule is CN(C/C=C/C(=O)N[C@H]1CC[C@@H](n2nc(-c3ccc(Cl)cc3)c3c(N)ncnc32)CC1)C1CC1. The quantitative estimate of drug-likeness (QED) is 0.497. The Hall–Kier alpha value is -2.97. The molecule has 2 aromatic heterocycles. The van der Waals surface area contributed by atoms with E-state index in [1.807, 2.05) is 35.0 Å².